The van der Waals surface area contributed by atoms with Crippen LogP contribution >= 0.6 is 0 Å². The second-order valence-electron chi connectivity index (χ2n) is 8.85. The monoisotopic (exact) mass is 464 g/mol. The largest absolute Gasteiger partial charge is 0.457 e. The third-order valence-corrected chi connectivity index (χ3v) is 6.65. The van der Waals surface area contributed by atoms with E-state index in [2.05, 4.69) is 26.8 Å². The van der Waals surface area contributed by atoms with Gasteiger partial charge in [0.2, 0.25) is 5.91 Å². The zero-order valence-electron chi connectivity index (χ0n) is 19.1. The molecule has 2 aliphatic rings. The number of benzene rings is 2. The third-order valence-electron chi connectivity index (χ3n) is 6.65. The number of hydrogen-bond acceptors (Lipinski definition) is 7. The van der Waals surface area contributed by atoms with E-state index in [1.54, 1.807) is 0 Å². The highest BCUT2D eigenvalue weighted by Crippen LogP contribution is 2.41. The molecule has 1 spiro atoms. The van der Waals surface area contributed by atoms with Crippen LogP contribution in [0.5, 0.6) is 11.5 Å². The van der Waals surface area contributed by atoms with Crippen molar-refractivity contribution in [2.45, 2.75) is 12.0 Å². The first kappa shape index (κ1) is 21.1. The van der Waals surface area contributed by atoms with E-state index in [0.717, 1.165) is 54.6 Å². The average Bonchev–Trinajstić information content (AvgIpc) is 2.84. The summed E-state index contributed by atoms with van der Waals surface area (Å²) in [5.41, 5.74) is 2.19. The molecule has 2 saturated heterocycles. The molecule has 2 fully saturated rings. The second kappa shape index (κ2) is 8.39. The van der Waals surface area contributed by atoms with Gasteiger partial charge in [-0.15, -0.1) is 0 Å². The Bertz CT molecular complexity index is 1420. The van der Waals surface area contributed by atoms with Crippen LogP contribution in [0.3, 0.4) is 0 Å². The normalized spacial score (nSPS) is 15.9. The summed E-state index contributed by atoms with van der Waals surface area (Å²) in [5.74, 6) is 2.96. The van der Waals surface area contributed by atoms with Crippen LogP contribution < -0.4 is 15.0 Å². The predicted octanol–water partition coefficient (Wildman–Crippen LogP) is 4.54. The minimum atomic E-state index is -0.0879. The van der Waals surface area contributed by atoms with Crippen molar-refractivity contribution >= 4 is 34.3 Å². The van der Waals surface area contributed by atoms with Crippen molar-refractivity contribution in [3.63, 3.8) is 0 Å². The van der Waals surface area contributed by atoms with Crippen molar-refractivity contribution in [2.24, 2.45) is 0 Å². The molecule has 1 N–H and O–H groups in total. The molecule has 0 bridgehead atoms. The topological polar surface area (TPSA) is 83.5 Å². The number of pyridine rings is 1. The fraction of sp³-hybridized carbons (Fsp3) is 0.185. The van der Waals surface area contributed by atoms with E-state index in [9.17, 15) is 4.79 Å². The number of fused-ring (bicyclic) bond motifs is 1. The number of aromatic nitrogens is 3. The van der Waals surface area contributed by atoms with Gasteiger partial charge >= 0.3 is 0 Å². The van der Waals surface area contributed by atoms with Crippen LogP contribution in [-0.4, -0.2) is 50.9 Å². The van der Waals surface area contributed by atoms with Gasteiger partial charge in [-0.2, -0.15) is 0 Å². The SMILES string of the molecule is C=CC(=O)N1CCC12CN(c1ccc3ncnc(Nc4cccc(Oc5ccccc5)c4)c3n1)C2. The van der Waals surface area contributed by atoms with Crippen molar-refractivity contribution in [1.82, 2.24) is 19.9 Å². The number of carbonyl (C=O) groups is 1. The summed E-state index contributed by atoms with van der Waals surface area (Å²) in [7, 11) is 0. The Morgan fingerprint density at radius 2 is 1.86 bits per heavy atom. The number of nitrogens with zero attached hydrogens (tertiary/aromatic N) is 5. The first-order valence-electron chi connectivity index (χ1n) is 11.5. The van der Waals surface area contributed by atoms with Crippen LogP contribution in [0.4, 0.5) is 17.3 Å². The van der Waals surface area contributed by atoms with Gasteiger partial charge < -0.3 is 19.9 Å². The lowest BCUT2D eigenvalue weighted by Gasteiger charge is -2.62. The molecule has 1 amide bonds. The molecule has 0 aliphatic carbocycles. The summed E-state index contributed by atoms with van der Waals surface area (Å²) < 4.78 is 5.96. The maximum Gasteiger partial charge on any atom is 0.246 e. The van der Waals surface area contributed by atoms with Gasteiger partial charge in [-0.3, -0.25) is 4.79 Å². The maximum absolute atomic E-state index is 12.1. The molecule has 8 heteroatoms. The molecule has 8 nitrogen and oxygen atoms in total. The number of para-hydroxylation sites is 1. The summed E-state index contributed by atoms with van der Waals surface area (Å²) >= 11 is 0. The minimum absolute atomic E-state index is 0.000677. The highest BCUT2D eigenvalue weighted by molar-refractivity contribution is 5.90. The van der Waals surface area contributed by atoms with Gasteiger partial charge in [-0.1, -0.05) is 30.8 Å². The smallest absolute Gasteiger partial charge is 0.246 e. The molecule has 0 radical (unpaired) electrons. The molecule has 2 aromatic carbocycles. The van der Waals surface area contributed by atoms with E-state index in [1.165, 1.54) is 12.4 Å². The Balaban J connectivity index is 1.22. The van der Waals surface area contributed by atoms with Gasteiger partial charge in [-0.05, 0) is 48.9 Å². The number of likely N-dealkylation sites (tertiary alicyclic amines) is 1. The fourth-order valence-electron chi connectivity index (χ4n) is 4.75. The number of anilines is 3. The standard InChI is InChI=1S/C27H24N6O2/c1-2-24(34)33-14-13-27(33)16-32(17-27)23-12-11-22-25(31-23)26(29-18-28-22)30-19-7-6-10-21(15-19)35-20-8-4-3-5-9-20/h2-12,15,18H,1,13-14,16-17H2,(H,28,29,30). The molecule has 6 rings (SSSR count). The number of ether oxygens (including phenoxy) is 1. The lowest BCUT2D eigenvalue weighted by molar-refractivity contribution is -0.144. The minimum Gasteiger partial charge on any atom is -0.457 e. The molecular weight excluding hydrogens is 440 g/mol. The third kappa shape index (κ3) is 3.82. The molecule has 4 heterocycles. The van der Waals surface area contributed by atoms with Crippen molar-refractivity contribution < 1.29 is 9.53 Å². The summed E-state index contributed by atoms with van der Waals surface area (Å²) in [6, 6.07) is 21.3. The number of amides is 1. The molecule has 35 heavy (non-hydrogen) atoms. The molecule has 0 unspecified atom stereocenters. The van der Waals surface area contributed by atoms with Gasteiger partial charge in [-0.25, -0.2) is 15.0 Å². The number of hydrogen-bond donors (Lipinski definition) is 1. The fourth-order valence-corrected chi connectivity index (χ4v) is 4.75. The van der Waals surface area contributed by atoms with Crippen LogP contribution in [0.1, 0.15) is 6.42 Å². The highest BCUT2D eigenvalue weighted by atomic mass is 16.5. The Hall–Kier alpha value is -4.46. The van der Waals surface area contributed by atoms with E-state index in [1.807, 2.05) is 71.6 Å². The van der Waals surface area contributed by atoms with Gasteiger partial charge in [0.05, 0.1) is 11.1 Å². The van der Waals surface area contributed by atoms with Crippen molar-refractivity contribution in [3.8, 4) is 11.5 Å². The molecule has 0 atom stereocenters. The van der Waals surface area contributed by atoms with E-state index in [-0.39, 0.29) is 11.4 Å². The van der Waals surface area contributed by atoms with Crippen molar-refractivity contribution in [2.75, 3.05) is 29.9 Å². The predicted molar refractivity (Wildman–Crippen MR) is 135 cm³/mol. The summed E-state index contributed by atoms with van der Waals surface area (Å²) in [5, 5.41) is 3.37. The van der Waals surface area contributed by atoms with Gasteiger partial charge in [0, 0.05) is 31.4 Å². The molecule has 2 aromatic heterocycles. The molecular formula is C27H24N6O2. The number of nitrogens with one attached hydrogen (secondary N) is 1. The molecule has 0 saturated carbocycles. The van der Waals surface area contributed by atoms with Crippen LogP contribution in [0.2, 0.25) is 0 Å². The van der Waals surface area contributed by atoms with E-state index in [4.69, 9.17) is 9.72 Å². The zero-order chi connectivity index (χ0) is 23.8. The molecule has 2 aliphatic heterocycles. The first-order chi connectivity index (χ1) is 17.1. The average molecular weight is 465 g/mol. The summed E-state index contributed by atoms with van der Waals surface area (Å²) in [6.07, 6.45) is 3.93. The van der Waals surface area contributed by atoms with Crippen LogP contribution in [-0.2, 0) is 4.79 Å². The Morgan fingerprint density at radius 1 is 1.03 bits per heavy atom. The van der Waals surface area contributed by atoms with Crippen molar-refractivity contribution in [1.29, 1.82) is 0 Å². The van der Waals surface area contributed by atoms with Gasteiger partial charge in [0.25, 0.3) is 0 Å². The number of rotatable bonds is 6. The molecule has 4 aromatic rings. The highest BCUT2D eigenvalue weighted by Gasteiger charge is 2.55. The Labute approximate surface area is 202 Å². The van der Waals surface area contributed by atoms with E-state index in [0.29, 0.717) is 11.3 Å². The molecule has 174 valence electrons. The summed E-state index contributed by atoms with van der Waals surface area (Å²) in [4.78, 5) is 29.9. The van der Waals surface area contributed by atoms with Crippen LogP contribution in [0, 0.1) is 0 Å². The van der Waals surface area contributed by atoms with Crippen LogP contribution in [0.25, 0.3) is 11.0 Å². The van der Waals surface area contributed by atoms with Gasteiger partial charge in [0.1, 0.15) is 29.2 Å². The zero-order valence-corrected chi connectivity index (χ0v) is 19.1. The quantitative estimate of drug-likeness (QED) is 0.420. The van der Waals surface area contributed by atoms with E-state index < -0.39 is 0 Å². The lowest BCUT2D eigenvalue weighted by Crippen LogP contribution is -2.78. The van der Waals surface area contributed by atoms with E-state index >= 15 is 0 Å². The number of carbonyl (C=O) groups excluding carboxylic acids is 1. The Kier molecular flexibility index (Phi) is 5.06. The lowest BCUT2D eigenvalue weighted by atomic mass is 9.77. The Morgan fingerprint density at radius 3 is 2.63 bits per heavy atom. The first-order valence-corrected chi connectivity index (χ1v) is 11.5. The van der Waals surface area contributed by atoms with Gasteiger partial charge in [0.15, 0.2) is 5.82 Å². The summed E-state index contributed by atoms with van der Waals surface area (Å²) in [6.45, 7) is 5.94. The van der Waals surface area contributed by atoms with Crippen LogP contribution in [0.15, 0.2) is 85.7 Å². The maximum atomic E-state index is 12.1. The second-order valence-corrected chi connectivity index (χ2v) is 8.85. The van der Waals surface area contributed by atoms with Crippen molar-refractivity contribution in [3.05, 3.63) is 85.7 Å².